The minimum atomic E-state index is -3.50. The van der Waals surface area contributed by atoms with Crippen molar-refractivity contribution < 1.29 is 27.5 Å². The molecule has 1 aromatic rings. The number of carboxylic acid groups (broad SMARTS) is 1. The van der Waals surface area contributed by atoms with Crippen LogP contribution in [0.15, 0.2) is 29.2 Å². The molecule has 1 atom stereocenters. The van der Waals surface area contributed by atoms with Crippen LogP contribution < -0.4 is 4.72 Å². The second-order valence-corrected chi connectivity index (χ2v) is 8.59. The summed E-state index contributed by atoms with van der Waals surface area (Å²) >= 11 is 0. The summed E-state index contributed by atoms with van der Waals surface area (Å²) in [6.45, 7) is -0.336. The summed E-state index contributed by atoms with van der Waals surface area (Å²) in [5.74, 6) is -1.85. The number of sulfonamides is 1. The molecule has 1 aromatic carbocycles. The normalized spacial score (nSPS) is 23.2. The van der Waals surface area contributed by atoms with Crippen LogP contribution >= 0.6 is 0 Å². The van der Waals surface area contributed by atoms with Gasteiger partial charge in [-0.3, -0.25) is 4.79 Å². The molecule has 1 saturated carbocycles. The van der Waals surface area contributed by atoms with E-state index in [9.17, 15) is 22.4 Å². The summed E-state index contributed by atoms with van der Waals surface area (Å²) in [5.41, 5.74) is -1.58. The van der Waals surface area contributed by atoms with Crippen molar-refractivity contribution in [1.29, 1.82) is 0 Å². The second-order valence-electron chi connectivity index (χ2n) is 6.88. The molecular weight excluding hydrogens is 363 g/mol. The van der Waals surface area contributed by atoms with Crippen LogP contribution in [-0.4, -0.2) is 55.1 Å². The van der Waals surface area contributed by atoms with Crippen molar-refractivity contribution in [2.45, 2.75) is 48.7 Å². The molecule has 1 amide bonds. The Bertz CT molecular complexity index is 807. The largest absolute Gasteiger partial charge is 0.479 e. The van der Waals surface area contributed by atoms with Crippen molar-refractivity contribution in [2.24, 2.45) is 0 Å². The quantitative estimate of drug-likeness (QED) is 0.732. The third-order valence-electron chi connectivity index (χ3n) is 4.72. The number of aliphatic carboxylic acids is 1. The number of aryl methyl sites for hydroxylation is 1. The van der Waals surface area contributed by atoms with Gasteiger partial charge < -0.3 is 10.0 Å². The molecule has 2 aliphatic rings. The SMILES string of the molecule is O=C(CCc1ccc(S(=O)(=O)NC2CC2)cc1)N1CCC(F)(C(=O)O)C1. The summed E-state index contributed by atoms with van der Waals surface area (Å²) in [4.78, 5) is 24.4. The summed E-state index contributed by atoms with van der Waals surface area (Å²) < 4.78 is 40.8. The maximum atomic E-state index is 14.0. The Morgan fingerprint density at radius 1 is 1.27 bits per heavy atom. The third kappa shape index (κ3) is 4.21. The molecule has 0 spiro atoms. The highest BCUT2D eigenvalue weighted by atomic mass is 32.2. The lowest BCUT2D eigenvalue weighted by atomic mass is 10.1. The number of halogens is 1. The highest BCUT2D eigenvalue weighted by molar-refractivity contribution is 7.89. The molecule has 0 bridgehead atoms. The molecule has 2 fully saturated rings. The Balaban J connectivity index is 1.53. The summed E-state index contributed by atoms with van der Waals surface area (Å²) in [7, 11) is -3.50. The zero-order chi connectivity index (χ0) is 18.9. The van der Waals surface area contributed by atoms with E-state index in [1.165, 1.54) is 17.0 Å². The van der Waals surface area contributed by atoms with Crippen LogP contribution in [0, 0.1) is 0 Å². The molecule has 9 heteroatoms. The smallest absolute Gasteiger partial charge is 0.343 e. The maximum absolute atomic E-state index is 14.0. The molecule has 1 aliphatic carbocycles. The number of benzene rings is 1. The molecule has 2 N–H and O–H groups in total. The highest BCUT2D eigenvalue weighted by Crippen LogP contribution is 2.27. The predicted octanol–water partition coefficient (Wildman–Crippen LogP) is 1.09. The Hall–Kier alpha value is -2.00. The first-order valence-electron chi connectivity index (χ1n) is 8.51. The fourth-order valence-corrected chi connectivity index (χ4v) is 4.20. The molecular formula is C17H21FN2O5S. The van der Waals surface area contributed by atoms with Gasteiger partial charge in [-0.2, -0.15) is 0 Å². The highest BCUT2D eigenvalue weighted by Gasteiger charge is 2.46. The van der Waals surface area contributed by atoms with Crippen LogP contribution in [-0.2, 0) is 26.0 Å². The molecule has 0 radical (unpaired) electrons. The van der Waals surface area contributed by atoms with Gasteiger partial charge in [-0.1, -0.05) is 12.1 Å². The number of carbonyl (C=O) groups excluding carboxylic acids is 1. The van der Waals surface area contributed by atoms with Gasteiger partial charge in [-0.05, 0) is 37.0 Å². The van der Waals surface area contributed by atoms with E-state index in [0.717, 1.165) is 18.4 Å². The minimum Gasteiger partial charge on any atom is -0.479 e. The Morgan fingerprint density at radius 2 is 1.92 bits per heavy atom. The van der Waals surface area contributed by atoms with E-state index >= 15 is 0 Å². The standard InChI is InChI=1S/C17H21FN2O5S/c18-17(16(22)23)9-10-20(11-17)15(21)8-3-12-1-6-14(7-2-12)26(24,25)19-13-4-5-13/h1-2,6-7,13,19H,3-5,8-11H2,(H,22,23). The first kappa shape index (κ1) is 18.8. The van der Waals surface area contributed by atoms with Crippen LogP contribution in [0.2, 0.25) is 0 Å². The summed E-state index contributed by atoms with van der Waals surface area (Å²) in [6, 6.07) is 6.32. The van der Waals surface area contributed by atoms with E-state index in [1.807, 2.05) is 0 Å². The van der Waals surface area contributed by atoms with E-state index in [4.69, 9.17) is 5.11 Å². The van der Waals surface area contributed by atoms with Gasteiger partial charge in [0.2, 0.25) is 21.6 Å². The van der Waals surface area contributed by atoms with Crippen LogP contribution in [0.3, 0.4) is 0 Å². The topological polar surface area (TPSA) is 104 Å². The number of amides is 1. The minimum absolute atomic E-state index is 0.0335. The summed E-state index contributed by atoms with van der Waals surface area (Å²) in [5, 5.41) is 8.86. The number of hydrogen-bond acceptors (Lipinski definition) is 4. The first-order valence-corrected chi connectivity index (χ1v) is 9.99. The number of nitrogens with one attached hydrogen (secondary N) is 1. The van der Waals surface area contributed by atoms with Gasteiger partial charge in [0, 0.05) is 25.4 Å². The lowest BCUT2D eigenvalue weighted by Crippen LogP contribution is -2.38. The van der Waals surface area contributed by atoms with E-state index in [0.29, 0.717) is 6.42 Å². The van der Waals surface area contributed by atoms with E-state index in [1.54, 1.807) is 12.1 Å². The zero-order valence-corrected chi connectivity index (χ0v) is 15.0. The number of likely N-dealkylation sites (tertiary alicyclic amines) is 1. The van der Waals surface area contributed by atoms with Crippen molar-refractivity contribution in [3.63, 3.8) is 0 Å². The lowest BCUT2D eigenvalue weighted by Gasteiger charge is -2.17. The number of carboxylic acids is 1. The van der Waals surface area contributed by atoms with Gasteiger partial charge in [0.15, 0.2) is 0 Å². The van der Waals surface area contributed by atoms with Crippen LogP contribution in [0.5, 0.6) is 0 Å². The van der Waals surface area contributed by atoms with Crippen LogP contribution in [0.25, 0.3) is 0 Å². The fraction of sp³-hybridized carbons (Fsp3) is 0.529. The van der Waals surface area contributed by atoms with E-state index in [-0.39, 0.29) is 36.2 Å². The molecule has 1 saturated heterocycles. The molecule has 142 valence electrons. The van der Waals surface area contributed by atoms with Crippen molar-refractivity contribution in [3.05, 3.63) is 29.8 Å². The number of nitrogens with zero attached hydrogens (tertiary/aromatic N) is 1. The first-order chi connectivity index (χ1) is 12.2. The van der Waals surface area contributed by atoms with Gasteiger partial charge in [-0.15, -0.1) is 0 Å². The Labute approximate surface area is 151 Å². The molecule has 7 nitrogen and oxygen atoms in total. The van der Waals surface area contributed by atoms with Gasteiger partial charge in [0.25, 0.3) is 0 Å². The molecule has 26 heavy (non-hydrogen) atoms. The van der Waals surface area contributed by atoms with Crippen LogP contribution in [0.4, 0.5) is 4.39 Å². The van der Waals surface area contributed by atoms with Gasteiger partial charge in [0.1, 0.15) is 0 Å². The number of carbonyl (C=O) groups is 2. The van der Waals surface area contributed by atoms with Crippen molar-refractivity contribution in [2.75, 3.05) is 13.1 Å². The monoisotopic (exact) mass is 384 g/mol. The number of rotatable bonds is 7. The van der Waals surface area contributed by atoms with Crippen molar-refractivity contribution >= 4 is 21.9 Å². The Morgan fingerprint density at radius 3 is 2.46 bits per heavy atom. The molecule has 0 aromatic heterocycles. The predicted molar refractivity (Wildman–Crippen MR) is 90.8 cm³/mol. The molecule has 1 aliphatic heterocycles. The van der Waals surface area contributed by atoms with E-state index < -0.39 is 28.2 Å². The van der Waals surface area contributed by atoms with Crippen molar-refractivity contribution in [1.82, 2.24) is 9.62 Å². The average molecular weight is 384 g/mol. The second kappa shape index (κ2) is 6.96. The molecule has 1 unspecified atom stereocenters. The van der Waals surface area contributed by atoms with Gasteiger partial charge >= 0.3 is 5.97 Å². The van der Waals surface area contributed by atoms with Crippen LogP contribution in [0.1, 0.15) is 31.2 Å². The fourth-order valence-electron chi connectivity index (χ4n) is 2.89. The maximum Gasteiger partial charge on any atom is 0.343 e. The van der Waals surface area contributed by atoms with Crippen molar-refractivity contribution in [3.8, 4) is 0 Å². The number of hydrogen-bond donors (Lipinski definition) is 2. The Kier molecular flexibility index (Phi) is 5.03. The average Bonchev–Trinajstić information content (AvgIpc) is 3.30. The van der Waals surface area contributed by atoms with E-state index in [2.05, 4.69) is 4.72 Å². The lowest BCUT2D eigenvalue weighted by molar-refractivity contribution is -0.150. The zero-order valence-electron chi connectivity index (χ0n) is 14.2. The number of alkyl halides is 1. The molecule has 1 heterocycles. The van der Waals surface area contributed by atoms with Gasteiger partial charge in [-0.25, -0.2) is 22.3 Å². The summed E-state index contributed by atoms with van der Waals surface area (Å²) in [6.07, 6.45) is 2.00. The van der Waals surface area contributed by atoms with Gasteiger partial charge in [0.05, 0.1) is 11.4 Å². The molecule has 3 rings (SSSR count). The third-order valence-corrected chi connectivity index (χ3v) is 6.25.